The molecule has 25 heavy (non-hydrogen) atoms. The van der Waals surface area contributed by atoms with Crippen molar-refractivity contribution in [1.29, 1.82) is 0 Å². The molecular formula is C18H21N5O2. The van der Waals surface area contributed by atoms with E-state index in [4.69, 9.17) is 4.74 Å². The maximum Gasteiger partial charge on any atom is 0.269 e. The van der Waals surface area contributed by atoms with Gasteiger partial charge in [0, 0.05) is 30.5 Å². The van der Waals surface area contributed by atoms with Crippen molar-refractivity contribution < 1.29 is 9.53 Å². The van der Waals surface area contributed by atoms with Crippen LogP contribution in [0.2, 0.25) is 0 Å². The van der Waals surface area contributed by atoms with Crippen LogP contribution in [0.5, 0.6) is 5.75 Å². The van der Waals surface area contributed by atoms with Crippen LogP contribution in [0.15, 0.2) is 49.1 Å². The average molecular weight is 339 g/mol. The molecule has 130 valence electrons. The van der Waals surface area contributed by atoms with Crippen molar-refractivity contribution in [2.24, 2.45) is 0 Å². The summed E-state index contributed by atoms with van der Waals surface area (Å²) >= 11 is 0. The summed E-state index contributed by atoms with van der Waals surface area (Å²) in [5, 5.41) is 9.91. The largest absolute Gasteiger partial charge is 0.497 e. The zero-order chi connectivity index (χ0) is 17.6. The predicted molar refractivity (Wildman–Crippen MR) is 94.5 cm³/mol. The van der Waals surface area contributed by atoms with Crippen molar-refractivity contribution >= 4 is 5.91 Å². The summed E-state index contributed by atoms with van der Waals surface area (Å²) in [5.41, 5.74) is 2.03. The van der Waals surface area contributed by atoms with Crippen LogP contribution in [0, 0.1) is 0 Å². The lowest BCUT2D eigenvalue weighted by Crippen LogP contribution is -2.26. The van der Waals surface area contributed by atoms with Gasteiger partial charge in [-0.1, -0.05) is 12.1 Å². The molecule has 3 rings (SSSR count). The van der Waals surface area contributed by atoms with Crippen molar-refractivity contribution in [1.82, 2.24) is 25.1 Å². The van der Waals surface area contributed by atoms with E-state index in [-0.39, 0.29) is 11.9 Å². The van der Waals surface area contributed by atoms with Crippen LogP contribution < -0.4 is 10.1 Å². The molecule has 3 aromatic rings. The van der Waals surface area contributed by atoms with Gasteiger partial charge >= 0.3 is 0 Å². The molecule has 0 saturated heterocycles. The molecule has 1 aromatic carbocycles. The second-order valence-electron chi connectivity index (χ2n) is 5.80. The van der Waals surface area contributed by atoms with E-state index < -0.39 is 0 Å². The number of ether oxygens (including phenoxy) is 1. The maximum absolute atomic E-state index is 12.3. The first-order valence-electron chi connectivity index (χ1n) is 8.13. The van der Waals surface area contributed by atoms with E-state index in [0.29, 0.717) is 17.9 Å². The Bertz CT molecular complexity index is 826. The van der Waals surface area contributed by atoms with Crippen LogP contribution in [0.25, 0.3) is 11.3 Å². The Balaban J connectivity index is 1.57. The van der Waals surface area contributed by atoms with Gasteiger partial charge in [-0.2, -0.15) is 5.10 Å². The second kappa shape index (κ2) is 7.65. The fraction of sp³-hybridized carbons (Fsp3) is 0.278. The molecule has 0 aliphatic rings. The maximum atomic E-state index is 12.3. The van der Waals surface area contributed by atoms with E-state index in [1.165, 1.54) is 0 Å². The highest BCUT2D eigenvalue weighted by molar-refractivity contribution is 5.93. The van der Waals surface area contributed by atoms with Gasteiger partial charge in [0.05, 0.1) is 19.1 Å². The Morgan fingerprint density at radius 1 is 1.40 bits per heavy atom. The number of amides is 1. The van der Waals surface area contributed by atoms with Gasteiger partial charge in [0.15, 0.2) is 0 Å². The summed E-state index contributed by atoms with van der Waals surface area (Å²) in [6, 6.07) is 9.57. The summed E-state index contributed by atoms with van der Waals surface area (Å²) in [7, 11) is 1.62. The van der Waals surface area contributed by atoms with Crippen molar-refractivity contribution in [2.75, 3.05) is 13.7 Å². The number of rotatable bonds is 7. The van der Waals surface area contributed by atoms with Gasteiger partial charge in [0.1, 0.15) is 11.4 Å². The average Bonchev–Trinajstić information content (AvgIpc) is 3.33. The van der Waals surface area contributed by atoms with Crippen LogP contribution >= 0.6 is 0 Å². The van der Waals surface area contributed by atoms with Crippen LogP contribution in [0.4, 0.5) is 0 Å². The normalized spacial score (nSPS) is 11.9. The summed E-state index contributed by atoms with van der Waals surface area (Å²) in [6.45, 7) is 2.66. The lowest BCUT2D eigenvalue weighted by Gasteiger charge is -2.12. The quantitative estimate of drug-likeness (QED) is 0.693. The number of methoxy groups -OCH3 is 1. The minimum atomic E-state index is -0.167. The Hall–Kier alpha value is -3.09. The molecule has 0 spiro atoms. The third-order valence-corrected chi connectivity index (χ3v) is 4.07. The monoisotopic (exact) mass is 339 g/mol. The van der Waals surface area contributed by atoms with Gasteiger partial charge in [-0.3, -0.25) is 9.89 Å². The number of hydrogen-bond donors (Lipinski definition) is 2. The number of nitrogens with one attached hydrogen (secondary N) is 2. The number of benzene rings is 1. The number of H-pyrrole nitrogens is 1. The minimum Gasteiger partial charge on any atom is -0.497 e. The Morgan fingerprint density at radius 2 is 2.28 bits per heavy atom. The van der Waals surface area contributed by atoms with E-state index in [2.05, 4.69) is 27.4 Å². The summed E-state index contributed by atoms with van der Waals surface area (Å²) in [4.78, 5) is 16.3. The van der Waals surface area contributed by atoms with E-state index in [0.717, 1.165) is 17.7 Å². The molecule has 2 aromatic heterocycles. The summed E-state index contributed by atoms with van der Waals surface area (Å²) in [6.07, 6.45) is 6.27. The lowest BCUT2D eigenvalue weighted by molar-refractivity contribution is 0.0947. The van der Waals surface area contributed by atoms with E-state index in [1.54, 1.807) is 25.7 Å². The fourth-order valence-corrected chi connectivity index (χ4v) is 2.54. The zero-order valence-corrected chi connectivity index (χ0v) is 14.3. The predicted octanol–water partition coefficient (Wildman–Crippen LogP) is 2.66. The van der Waals surface area contributed by atoms with Gasteiger partial charge < -0.3 is 14.6 Å². The molecule has 0 fully saturated rings. The number of aromatic nitrogens is 4. The third-order valence-electron chi connectivity index (χ3n) is 4.07. The van der Waals surface area contributed by atoms with Gasteiger partial charge in [0.25, 0.3) is 5.91 Å². The van der Waals surface area contributed by atoms with E-state index in [9.17, 15) is 4.79 Å². The molecule has 0 saturated carbocycles. The molecule has 0 unspecified atom stereocenters. The standard InChI is InChI=1S/C18H21N5O2/c1-13(23-9-8-19-12-23)6-7-20-18(24)17-11-16(21-22-17)14-4-3-5-15(10-14)25-2/h3-5,8-13H,6-7H2,1-2H3,(H,20,24)(H,21,22)/t13-/m0/s1. The van der Waals surface area contributed by atoms with Crippen molar-refractivity contribution in [3.05, 3.63) is 54.7 Å². The first kappa shape index (κ1) is 16.8. The second-order valence-corrected chi connectivity index (χ2v) is 5.80. The Morgan fingerprint density at radius 3 is 3.04 bits per heavy atom. The number of carbonyl (C=O) groups excluding carboxylic acids is 1. The smallest absolute Gasteiger partial charge is 0.269 e. The van der Waals surface area contributed by atoms with Gasteiger partial charge in [-0.05, 0) is 31.5 Å². The van der Waals surface area contributed by atoms with Crippen LogP contribution in [0.1, 0.15) is 29.9 Å². The zero-order valence-electron chi connectivity index (χ0n) is 14.3. The summed E-state index contributed by atoms with van der Waals surface area (Å²) in [5.74, 6) is 0.583. The molecule has 0 radical (unpaired) electrons. The molecule has 1 amide bonds. The van der Waals surface area contributed by atoms with Crippen LogP contribution in [-0.2, 0) is 0 Å². The first-order valence-corrected chi connectivity index (χ1v) is 8.13. The highest BCUT2D eigenvalue weighted by Crippen LogP contribution is 2.22. The third kappa shape index (κ3) is 4.06. The topological polar surface area (TPSA) is 84.8 Å². The number of imidazole rings is 1. The molecule has 7 nitrogen and oxygen atoms in total. The van der Waals surface area contributed by atoms with Gasteiger partial charge in [-0.25, -0.2) is 4.98 Å². The lowest BCUT2D eigenvalue weighted by atomic mass is 10.1. The first-order chi connectivity index (χ1) is 12.2. The number of aromatic amines is 1. The highest BCUT2D eigenvalue weighted by atomic mass is 16.5. The minimum absolute atomic E-state index is 0.167. The van der Waals surface area contributed by atoms with Crippen LogP contribution in [-0.4, -0.2) is 39.3 Å². The molecule has 2 N–H and O–H groups in total. The van der Waals surface area contributed by atoms with E-state index in [1.807, 2.05) is 35.0 Å². The van der Waals surface area contributed by atoms with E-state index >= 15 is 0 Å². The molecule has 1 atom stereocenters. The van der Waals surface area contributed by atoms with Crippen molar-refractivity contribution in [3.63, 3.8) is 0 Å². The Kier molecular flexibility index (Phi) is 5.13. The number of hydrogen-bond acceptors (Lipinski definition) is 4. The molecule has 2 heterocycles. The van der Waals surface area contributed by atoms with Crippen LogP contribution in [0.3, 0.4) is 0 Å². The molecule has 0 bridgehead atoms. The molecule has 0 aliphatic heterocycles. The SMILES string of the molecule is COc1cccc(-c2cc(C(=O)NCC[C@H](C)n3ccnc3)[nH]n2)c1. The molecular weight excluding hydrogens is 318 g/mol. The molecule has 7 heteroatoms. The van der Waals surface area contributed by atoms with Crippen molar-refractivity contribution in [2.45, 2.75) is 19.4 Å². The summed E-state index contributed by atoms with van der Waals surface area (Å²) < 4.78 is 7.23. The highest BCUT2D eigenvalue weighted by Gasteiger charge is 2.12. The van der Waals surface area contributed by atoms with Crippen molar-refractivity contribution in [3.8, 4) is 17.0 Å². The Labute approximate surface area is 146 Å². The van der Waals surface area contributed by atoms with Gasteiger partial charge in [0.2, 0.25) is 0 Å². The fourth-order valence-electron chi connectivity index (χ4n) is 2.54. The molecule has 0 aliphatic carbocycles. The number of carbonyl (C=O) groups is 1. The number of nitrogens with zero attached hydrogens (tertiary/aromatic N) is 3. The van der Waals surface area contributed by atoms with Gasteiger partial charge in [-0.15, -0.1) is 0 Å².